The molecule has 1 heterocycles. The molecule has 2 unspecified atom stereocenters. The van der Waals surface area contributed by atoms with Gasteiger partial charge in [-0.2, -0.15) is 0 Å². The van der Waals surface area contributed by atoms with Gasteiger partial charge in [0.05, 0.1) is 6.61 Å². The lowest BCUT2D eigenvalue weighted by atomic mass is 9.72. The summed E-state index contributed by atoms with van der Waals surface area (Å²) in [5.41, 5.74) is 0.474. The van der Waals surface area contributed by atoms with Gasteiger partial charge in [0.1, 0.15) is 5.75 Å². The topological polar surface area (TPSA) is 38.7 Å². The lowest BCUT2D eigenvalue weighted by Crippen LogP contribution is -2.39. The number of hydrogen-bond donors (Lipinski definition) is 1. The van der Waals surface area contributed by atoms with Crippen LogP contribution in [0.1, 0.15) is 63.9 Å². The Balaban J connectivity index is 1.53. The fraction of sp³-hybridized carbons (Fsp3) is 0.714. The van der Waals surface area contributed by atoms with E-state index in [4.69, 9.17) is 4.74 Å². The highest BCUT2D eigenvalue weighted by Gasteiger charge is 2.39. The molecule has 1 aromatic carbocycles. The first kappa shape index (κ1) is 20.5. The molecular formula is C21H29F3O3. The standard InChI is InChI=1S/C21H29F3O3/c1-2-3-15-4-6-16(7-5-15)17-12-13-20(25,26-14-17)18-8-10-19(11-9-18)27-21(22,23)24/h8-11,15-17,25H,2-7,12-14H2,1H3. The van der Waals surface area contributed by atoms with E-state index in [0.717, 1.165) is 12.3 Å². The van der Waals surface area contributed by atoms with Crippen LogP contribution in [0, 0.1) is 17.8 Å². The summed E-state index contributed by atoms with van der Waals surface area (Å²) in [7, 11) is 0. The second-order valence-corrected chi connectivity index (χ2v) is 8.04. The van der Waals surface area contributed by atoms with E-state index in [2.05, 4.69) is 11.7 Å². The van der Waals surface area contributed by atoms with Gasteiger partial charge in [0.25, 0.3) is 0 Å². The predicted molar refractivity (Wildman–Crippen MR) is 96.1 cm³/mol. The van der Waals surface area contributed by atoms with Crippen LogP contribution in [0.25, 0.3) is 0 Å². The van der Waals surface area contributed by atoms with Crippen LogP contribution in [-0.2, 0) is 10.5 Å². The van der Waals surface area contributed by atoms with Gasteiger partial charge in [-0.15, -0.1) is 13.2 Å². The van der Waals surface area contributed by atoms with Gasteiger partial charge in [-0.3, -0.25) is 0 Å². The number of ether oxygens (including phenoxy) is 2. The average molecular weight is 386 g/mol. The van der Waals surface area contributed by atoms with Crippen LogP contribution in [0.2, 0.25) is 0 Å². The van der Waals surface area contributed by atoms with Crippen molar-refractivity contribution < 1.29 is 27.8 Å². The second-order valence-electron chi connectivity index (χ2n) is 8.04. The number of rotatable bonds is 5. The lowest BCUT2D eigenvalue weighted by molar-refractivity contribution is -0.274. The summed E-state index contributed by atoms with van der Waals surface area (Å²) >= 11 is 0. The third-order valence-corrected chi connectivity index (χ3v) is 6.18. The Labute approximate surface area is 158 Å². The maximum Gasteiger partial charge on any atom is 0.573 e. The molecule has 1 aliphatic heterocycles. The van der Waals surface area contributed by atoms with E-state index < -0.39 is 12.1 Å². The molecule has 0 amide bonds. The van der Waals surface area contributed by atoms with Gasteiger partial charge >= 0.3 is 6.36 Å². The van der Waals surface area contributed by atoms with E-state index in [1.165, 1.54) is 62.8 Å². The summed E-state index contributed by atoms with van der Waals surface area (Å²) in [4.78, 5) is 0. The van der Waals surface area contributed by atoms with E-state index in [-0.39, 0.29) is 5.75 Å². The van der Waals surface area contributed by atoms with Crippen LogP contribution in [0.3, 0.4) is 0 Å². The maximum absolute atomic E-state index is 12.3. The molecule has 0 radical (unpaired) electrons. The minimum absolute atomic E-state index is 0.299. The quantitative estimate of drug-likeness (QED) is 0.699. The fourth-order valence-electron chi connectivity index (χ4n) is 4.65. The average Bonchev–Trinajstić information content (AvgIpc) is 2.63. The minimum atomic E-state index is -4.72. The molecule has 2 aliphatic rings. The Morgan fingerprint density at radius 2 is 1.74 bits per heavy atom. The van der Waals surface area contributed by atoms with E-state index in [1.54, 1.807) is 0 Å². The zero-order valence-electron chi connectivity index (χ0n) is 15.8. The Bertz CT molecular complexity index is 584. The van der Waals surface area contributed by atoms with Gasteiger partial charge in [0, 0.05) is 12.0 Å². The first-order chi connectivity index (χ1) is 12.8. The number of halogens is 3. The summed E-state index contributed by atoms with van der Waals surface area (Å²) in [5.74, 6) is 0.260. The first-order valence-electron chi connectivity index (χ1n) is 10.0. The van der Waals surface area contributed by atoms with Crippen LogP contribution < -0.4 is 4.74 Å². The molecular weight excluding hydrogens is 357 g/mol. The summed E-state index contributed by atoms with van der Waals surface area (Å²) < 4.78 is 46.5. The third kappa shape index (κ3) is 5.38. The Hall–Kier alpha value is -1.27. The van der Waals surface area contributed by atoms with Crippen molar-refractivity contribution in [3.63, 3.8) is 0 Å². The maximum atomic E-state index is 12.3. The summed E-state index contributed by atoms with van der Waals surface area (Å²) in [5, 5.41) is 10.8. The van der Waals surface area contributed by atoms with E-state index in [9.17, 15) is 18.3 Å². The number of benzene rings is 1. The van der Waals surface area contributed by atoms with Crippen molar-refractivity contribution in [2.24, 2.45) is 17.8 Å². The second kappa shape index (κ2) is 8.39. The largest absolute Gasteiger partial charge is 0.573 e. The van der Waals surface area contributed by atoms with Gasteiger partial charge in [0.2, 0.25) is 0 Å². The van der Waals surface area contributed by atoms with Crippen LogP contribution >= 0.6 is 0 Å². The highest BCUT2D eigenvalue weighted by atomic mass is 19.4. The summed E-state index contributed by atoms with van der Waals surface area (Å²) in [6.45, 7) is 2.74. The van der Waals surface area contributed by atoms with Crippen molar-refractivity contribution >= 4 is 0 Å². The molecule has 3 rings (SSSR count). The van der Waals surface area contributed by atoms with E-state index in [0.29, 0.717) is 30.4 Å². The van der Waals surface area contributed by atoms with Crippen LogP contribution in [0.5, 0.6) is 5.75 Å². The van der Waals surface area contributed by atoms with Gasteiger partial charge in [-0.25, -0.2) is 0 Å². The van der Waals surface area contributed by atoms with Crippen molar-refractivity contribution in [1.29, 1.82) is 0 Å². The van der Waals surface area contributed by atoms with E-state index in [1.807, 2.05) is 0 Å². The van der Waals surface area contributed by atoms with Crippen LogP contribution in [0.15, 0.2) is 24.3 Å². The highest BCUT2D eigenvalue weighted by molar-refractivity contribution is 5.30. The molecule has 1 N–H and O–H groups in total. The van der Waals surface area contributed by atoms with E-state index >= 15 is 0 Å². The zero-order chi connectivity index (χ0) is 19.5. The molecule has 1 saturated heterocycles. The van der Waals surface area contributed by atoms with Crippen molar-refractivity contribution in [3.8, 4) is 5.75 Å². The van der Waals surface area contributed by atoms with Crippen LogP contribution in [-0.4, -0.2) is 18.1 Å². The Morgan fingerprint density at radius 1 is 1.07 bits per heavy atom. The van der Waals surface area contributed by atoms with Crippen molar-refractivity contribution in [3.05, 3.63) is 29.8 Å². The van der Waals surface area contributed by atoms with Gasteiger partial charge in [0.15, 0.2) is 5.79 Å². The third-order valence-electron chi connectivity index (χ3n) is 6.18. The molecule has 0 spiro atoms. The molecule has 6 heteroatoms. The van der Waals surface area contributed by atoms with Gasteiger partial charge in [-0.05, 0) is 61.3 Å². The molecule has 1 aliphatic carbocycles. The molecule has 0 aromatic heterocycles. The molecule has 3 nitrogen and oxygen atoms in total. The number of aliphatic hydroxyl groups is 1. The molecule has 0 bridgehead atoms. The van der Waals surface area contributed by atoms with Crippen molar-refractivity contribution in [1.82, 2.24) is 0 Å². The fourth-order valence-corrected chi connectivity index (χ4v) is 4.65. The lowest BCUT2D eigenvalue weighted by Gasteiger charge is -2.41. The normalized spacial score (nSPS) is 32.3. The number of alkyl halides is 3. The predicted octanol–water partition coefficient (Wildman–Crippen LogP) is 5.76. The summed E-state index contributed by atoms with van der Waals surface area (Å²) in [6, 6.07) is 5.31. The molecule has 152 valence electrons. The Kier molecular flexibility index (Phi) is 6.36. The SMILES string of the molecule is CCCC1CCC(C2CCC(O)(c3ccc(OC(F)(F)F)cc3)OC2)CC1. The summed E-state index contributed by atoms with van der Waals surface area (Å²) in [6.07, 6.45) is 4.25. The minimum Gasteiger partial charge on any atom is -0.406 e. The van der Waals surface area contributed by atoms with Crippen molar-refractivity contribution in [2.45, 2.75) is 70.4 Å². The van der Waals surface area contributed by atoms with Crippen LogP contribution in [0.4, 0.5) is 13.2 Å². The molecule has 2 atom stereocenters. The highest BCUT2D eigenvalue weighted by Crippen LogP contribution is 2.43. The first-order valence-corrected chi connectivity index (χ1v) is 10.0. The smallest absolute Gasteiger partial charge is 0.406 e. The molecule has 1 aromatic rings. The monoisotopic (exact) mass is 386 g/mol. The Morgan fingerprint density at radius 3 is 2.26 bits per heavy atom. The molecule has 1 saturated carbocycles. The van der Waals surface area contributed by atoms with Crippen molar-refractivity contribution in [2.75, 3.05) is 6.61 Å². The van der Waals surface area contributed by atoms with Gasteiger partial charge < -0.3 is 14.6 Å². The molecule has 2 fully saturated rings. The van der Waals surface area contributed by atoms with Gasteiger partial charge in [-0.1, -0.05) is 32.6 Å². The molecule has 27 heavy (non-hydrogen) atoms. The zero-order valence-corrected chi connectivity index (χ0v) is 15.8. The number of hydrogen-bond acceptors (Lipinski definition) is 3.